The van der Waals surface area contributed by atoms with Crippen LogP contribution in [0.5, 0.6) is 5.75 Å². The molecule has 0 radical (unpaired) electrons. The van der Waals surface area contributed by atoms with E-state index in [-0.39, 0.29) is 17.6 Å². The summed E-state index contributed by atoms with van der Waals surface area (Å²) in [5.74, 6) is -0.418. The number of benzene rings is 3. The summed E-state index contributed by atoms with van der Waals surface area (Å²) in [4.78, 5) is 36.0. The average molecular weight is 465 g/mol. The van der Waals surface area contributed by atoms with E-state index in [2.05, 4.69) is 21.5 Å². The van der Waals surface area contributed by atoms with Gasteiger partial charge in [-0.25, -0.2) is 0 Å². The molecule has 0 saturated carbocycles. The summed E-state index contributed by atoms with van der Waals surface area (Å²) >= 11 is 5.04. The van der Waals surface area contributed by atoms with Crippen LogP contribution in [0.25, 0.3) is 10.8 Å². The van der Waals surface area contributed by atoms with Gasteiger partial charge in [0, 0.05) is 23.1 Å². The van der Waals surface area contributed by atoms with Gasteiger partial charge in [-0.3, -0.25) is 30.6 Å². The molecule has 3 rings (SSSR count). The molecule has 0 unspecified atom stereocenters. The molecule has 8 nitrogen and oxygen atoms in total. The zero-order valence-electron chi connectivity index (χ0n) is 18.0. The monoisotopic (exact) mass is 464 g/mol. The normalized spacial score (nSPS) is 10.2. The number of carbonyl (C=O) groups is 3. The second-order valence-electron chi connectivity index (χ2n) is 7.10. The van der Waals surface area contributed by atoms with Crippen LogP contribution in [0, 0.1) is 0 Å². The van der Waals surface area contributed by atoms with Crippen molar-refractivity contribution < 1.29 is 19.1 Å². The topological polar surface area (TPSA) is 109 Å². The summed E-state index contributed by atoms with van der Waals surface area (Å²) < 4.78 is 5.61. The number of amides is 3. The van der Waals surface area contributed by atoms with E-state index in [0.717, 1.165) is 17.2 Å². The maximum absolute atomic E-state index is 12.2. The first-order chi connectivity index (χ1) is 16.0. The van der Waals surface area contributed by atoms with E-state index < -0.39 is 11.8 Å². The molecule has 0 bridgehead atoms. The SMILES string of the molecule is CCCC(=O)Nc1ccc(C(=O)NNC(=S)NC(=O)COc2cccc3ccccc23)cc1. The second kappa shape index (κ2) is 11.6. The van der Waals surface area contributed by atoms with Crippen LogP contribution in [0.15, 0.2) is 66.7 Å². The summed E-state index contributed by atoms with van der Waals surface area (Å²) in [6, 6.07) is 19.7. The van der Waals surface area contributed by atoms with Crippen LogP contribution >= 0.6 is 12.2 Å². The first-order valence-electron chi connectivity index (χ1n) is 10.4. The number of hydrazine groups is 1. The van der Waals surface area contributed by atoms with Gasteiger partial charge in [0.2, 0.25) is 5.91 Å². The summed E-state index contributed by atoms with van der Waals surface area (Å²) in [5, 5.41) is 7.02. The summed E-state index contributed by atoms with van der Waals surface area (Å²) in [7, 11) is 0. The molecule has 0 saturated heterocycles. The van der Waals surface area contributed by atoms with Crippen LogP contribution in [-0.2, 0) is 9.59 Å². The molecule has 0 fully saturated rings. The van der Waals surface area contributed by atoms with Gasteiger partial charge in [-0.2, -0.15) is 0 Å². The first kappa shape index (κ1) is 23.7. The number of ether oxygens (including phenoxy) is 1. The number of fused-ring (bicyclic) bond motifs is 1. The fourth-order valence-electron chi connectivity index (χ4n) is 3.00. The van der Waals surface area contributed by atoms with E-state index >= 15 is 0 Å². The Kier molecular flexibility index (Phi) is 8.31. The zero-order valence-corrected chi connectivity index (χ0v) is 18.8. The van der Waals surface area contributed by atoms with E-state index in [1.807, 2.05) is 43.3 Å². The molecule has 0 atom stereocenters. The molecule has 3 aromatic carbocycles. The van der Waals surface area contributed by atoms with Crippen LogP contribution in [0.2, 0.25) is 0 Å². The smallest absolute Gasteiger partial charge is 0.269 e. The highest BCUT2D eigenvalue weighted by Gasteiger charge is 2.10. The maximum atomic E-state index is 12.2. The lowest BCUT2D eigenvalue weighted by atomic mass is 10.1. The summed E-state index contributed by atoms with van der Waals surface area (Å²) in [5.41, 5.74) is 5.84. The Morgan fingerprint density at radius 3 is 2.36 bits per heavy atom. The lowest BCUT2D eigenvalue weighted by molar-refractivity contribution is -0.121. The fraction of sp³-hybridized carbons (Fsp3) is 0.167. The Labute approximate surface area is 196 Å². The lowest BCUT2D eigenvalue weighted by Gasteiger charge is -2.12. The molecule has 9 heteroatoms. The number of rotatable bonds is 7. The van der Waals surface area contributed by atoms with Crippen molar-refractivity contribution in [3.63, 3.8) is 0 Å². The van der Waals surface area contributed by atoms with Crippen molar-refractivity contribution in [2.75, 3.05) is 11.9 Å². The van der Waals surface area contributed by atoms with E-state index in [1.165, 1.54) is 0 Å². The third kappa shape index (κ3) is 7.01. The quantitative estimate of drug-likeness (QED) is 0.316. The van der Waals surface area contributed by atoms with Gasteiger partial charge in [-0.1, -0.05) is 43.3 Å². The van der Waals surface area contributed by atoms with Crippen molar-refractivity contribution in [1.82, 2.24) is 16.2 Å². The number of anilines is 1. The zero-order chi connectivity index (χ0) is 23.6. The average Bonchev–Trinajstić information content (AvgIpc) is 2.81. The standard InChI is InChI=1S/C24H24N4O4S/c1-2-6-21(29)25-18-13-11-17(12-14-18)23(31)27-28-24(33)26-22(30)15-32-20-10-5-8-16-7-3-4-9-19(16)20/h3-5,7-14H,2,6,15H2,1H3,(H,25,29)(H,27,31)(H2,26,28,30,33). The van der Waals surface area contributed by atoms with Gasteiger partial charge >= 0.3 is 0 Å². The van der Waals surface area contributed by atoms with Gasteiger partial charge in [0.25, 0.3) is 11.8 Å². The van der Waals surface area contributed by atoms with Crippen LogP contribution < -0.4 is 26.2 Å². The number of nitrogens with one attached hydrogen (secondary N) is 4. The molecule has 0 heterocycles. The van der Waals surface area contributed by atoms with Crippen LogP contribution in [0.4, 0.5) is 5.69 Å². The van der Waals surface area contributed by atoms with Crippen molar-refractivity contribution in [2.24, 2.45) is 0 Å². The number of hydrogen-bond acceptors (Lipinski definition) is 5. The molecule has 33 heavy (non-hydrogen) atoms. The van der Waals surface area contributed by atoms with Gasteiger partial charge in [-0.15, -0.1) is 0 Å². The molecular weight excluding hydrogens is 440 g/mol. The third-order valence-corrected chi connectivity index (χ3v) is 4.76. The minimum atomic E-state index is -0.471. The Balaban J connectivity index is 1.43. The third-order valence-electron chi connectivity index (χ3n) is 4.56. The van der Waals surface area contributed by atoms with E-state index in [9.17, 15) is 14.4 Å². The highest BCUT2D eigenvalue weighted by atomic mass is 32.1. The van der Waals surface area contributed by atoms with Crippen molar-refractivity contribution in [3.05, 3.63) is 72.3 Å². The Morgan fingerprint density at radius 2 is 1.61 bits per heavy atom. The van der Waals surface area contributed by atoms with Crippen molar-refractivity contribution in [2.45, 2.75) is 19.8 Å². The molecule has 3 amide bonds. The summed E-state index contributed by atoms with van der Waals surface area (Å²) in [6.45, 7) is 1.68. The van der Waals surface area contributed by atoms with E-state index in [1.54, 1.807) is 30.3 Å². The molecule has 0 aliphatic carbocycles. The van der Waals surface area contributed by atoms with Crippen LogP contribution in [-0.4, -0.2) is 29.4 Å². The highest BCUT2D eigenvalue weighted by molar-refractivity contribution is 7.80. The second-order valence-corrected chi connectivity index (χ2v) is 7.51. The predicted octanol–water partition coefficient (Wildman–Crippen LogP) is 3.29. The minimum Gasteiger partial charge on any atom is -0.483 e. The van der Waals surface area contributed by atoms with Crippen molar-refractivity contribution in [1.29, 1.82) is 0 Å². The van der Waals surface area contributed by atoms with Gasteiger partial charge in [0.1, 0.15) is 5.75 Å². The molecule has 0 aromatic heterocycles. The number of carbonyl (C=O) groups excluding carboxylic acids is 3. The predicted molar refractivity (Wildman–Crippen MR) is 131 cm³/mol. The van der Waals surface area contributed by atoms with Crippen molar-refractivity contribution in [3.8, 4) is 5.75 Å². The van der Waals surface area contributed by atoms with Gasteiger partial charge < -0.3 is 10.1 Å². The number of hydrogen-bond donors (Lipinski definition) is 4. The van der Waals surface area contributed by atoms with Gasteiger partial charge in [-0.05, 0) is 54.4 Å². The Bertz CT molecular complexity index is 1160. The Hall–Kier alpha value is -3.98. The first-order valence-corrected chi connectivity index (χ1v) is 10.8. The molecule has 3 aromatic rings. The van der Waals surface area contributed by atoms with Crippen molar-refractivity contribution >= 4 is 51.5 Å². The lowest BCUT2D eigenvalue weighted by Crippen LogP contribution is -2.49. The molecular formula is C24H24N4O4S. The summed E-state index contributed by atoms with van der Waals surface area (Å²) in [6.07, 6.45) is 1.19. The molecule has 0 aliphatic rings. The maximum Gasteiger partial charge on any atom is 0.269 e. The molecule has 170 valence electrons. The molecule has 0 aliphatic heterocycles. The molecule has 0 spiro atoms. The Morgan fingerprint density at radius 1 is 0.879 bits per heavy atom. The van der Waals surface area contributed by atoms with E-state index in [4.69, 9.17) is 17.0 Å². The minimum absolute atomic E-state index is 0.0710. The van der Waals surface area contributed by atoms with Gasteiger partial charge in [0.05, 0.1) is 0 Å². The van der Waals surface area contributed by atoms with E-state index in [0.29, 0.717) is 23.4 Å². The van der Waals surface area contributed by atoms with Crippen LogP contribution in [0.1, 0.15) is 30.1 Å². The largest absolute Gasteiger partial charge is 0.483 e. The highest BCUT2D eigenvalue weighted by Crippen LogP contribution is 2.24. The number of thiocarbonyl (C=S) groups is 1. The molecule has 4 N–H and O–H groups in total. The van der Waals surface area contributed by atoms with Crippen LogP contribution in [0.3, 0.4) is 0 Å². The fourth-order valence-corrected chi connectivity index (χ4v) is 3.16. The van der Waals surface area contributed by atoms with Gasteiger partial charge in [0.15, 0.2) is 11.7 Å².